The first-order valence-electron chi connectivity index (χ1n) is 8.32. The fraction of sp³-hybridized carbons (Fsp3) is 0.688. The summed E-state index contributed by atoms with van der Waals surface area (Å²) in [5.41, 5.74) is 3.53. The highest BCUT2D eigenvalue weighted by Crippen LogP contribution is 2.23. The number of nitrogens with one attached hydrogen (secondary N) is 1. The summed E-state index contributed by atoms with van der Waals surface area (Å²) in [6.45, 7) is 1.46. The maximum absolute atomic E-state index is 12.4. The van der Waals surface area contributed by atoms with Crippen molar-refractivity contribution >= 4 is 11.9 Å². The van der Waals surface area contributed by atoms with Crippen molar-refractivity contribution in [1.82, 2.24) is 20.0 Å². The molecule has 1 atom stereocenters. The number of piperazine rings is 1. The Hall–Kier alpha value is -1.89. The molecule has 3 rings (SSSR count). The van der Waals surface area contributed by atoms with Gasteiger partial charge in [0.25, 0.3) is 0 Å². The van der Waals surface area contributed by atoms with Crippen molar-refractivity contribution in [3.05, 3.63) is 17.0 Å². The van der Waals surface area contributed by atoms with Gasteiger partial charge in [0, 0.05) is 38.2 Å². The number of H-pyrrole nitrogens is 1. The van der Waals surface area contributed by atoms with Crippen LogP contribution in [0, 0.1) is 0 Å². The topological polar surface area (TPSA) is 89.5 Å². The van der Waals surface area contributed by atoms with Crippen molar-refractivity contribution in [2.45, 2.75) is 44.6 Å². The van der Waals surface area contributed by atoms with Gasteiger partial charge in [0.05, 0.1) is 5.69 Å². The van der Waals surface area contributed by atoms with Crippen molar-refractivity contribution in [3.63, 3.8) is 0 Å². The van der Waals surface area contributed by atoms with Gasteiger partial charge in [-0.25, -0.2) is 0 Å². The van der Waals surface area contributed by atoms with E-state index >= 15 is 0 Å². The van der Waals surface area contributed by atoms with Crippen molar-refractivity contribution in [1.29, 1.82) is 0 Å². The van der Waals surface area contributed by atoms with Crippen LogP contribution in [0.4, 0.5) is 0 Å². The van der Waals surface area contributed by atoms with Gasteiger partial charge in [-0.15, -0.1) is 0 Å². The third-order valence-electron chi connectivity index (χ3n) is 5.00. The lowest BCUT2D eigenvalue weighted by Crippen LogP contribution is -2.56. The van der Waals surface area contributed by atoms with Crippen LogP contribution in [-0.2, 0) is 28.9 Å². The minimum absolute atomic E-state index is 0.0249. The summed E-state index contributed by atoms with van der Waals surface area (Å²) in [6, 6.07) is -0.606. The second kappa shape index (κ2) is 6.70. The summed E-state index contributed by atoms with van der Waals surface area (Å²) >= 11 is 0. The molecule has 7 nitrogen and oxygen atoms in total. The van der Waals surface area contributed by atoms with Gasteiger partial charge in [-0.1, -0.05) is 0 Å². The maximum atomic E-state index is 12.4. The molecule has 0 radical (unpaired) electrons. The highest BCUT2D eigenvalue weighted by atomic mass is 16.4. The quantitative estimate of drug-likeness (QED) is 0.841. The van der Waals surface area contributed by atoms with E-state index in [0.717, 1.165) is 18.5 Å². The molecule has 2 aliphatic rings. The van der Waals surface area contributed by atoms with Crippen LogP contribution in [0.2, 0.25) is 0 Å². The number of carbonyl (C=O) groups excluding carboxylic acids is 1. The average molecular weight is 320 g/mol. The Morgan fingerprint density at radius 1 is 1.30 bits per heavy atom. The highest BCUT2D eigenvalue weighted by Gasteiger charge is 2.32. The molecule has 0 unspecified atom stereocenters. The molecule has 7 heteroatoms. The zero-order valence-electron chi connectivity index (χ0n) is 13.5. The van der Waals surface area contributed by atoms with Crippen LogP contribution in [0.15, 0.2) is 0 Å². The van der Waals surface area contributed by atoms with Gasteiger partial charge in [-0.2, -0.15) is 5.10 Å². The summed E-state index contributed by atoms with van der Waals surface area (Å²) in [5, 5.41) is 16.7. The molecule has 0 spiro atoms. The van der Waals surface area contributed by atoms with E-state index in [2.05, 4.69) is 10.2 Å². The maximum Gasteiger partial charge on any atom is 0.322 e. The van der Waals surface area contributed by atoms with Crippen LogP contribution in [-0.4, -0.2) is 69.7 Å². The smallest absolute Gasteiger partial charge is 0.322 e. The predicted octanol–water partition coefficient (Wildman–Crippen LogP) is 0.448. The van der Waals surface area contributed by atoms with Crippen molar-refractivity contribution < 1.29 is 14.7 Å². The molecular formula is C16H24N4O3. The molecule has 2 N–H and O–H groups in total. The number of nitrogens with zero attached hydrogens (tertiary/aromatic N) is 3. The van der Waals surface area contributed by atoms with E-state index in [0.29, 0.717) is 25.9 Å². The molecule has 1 saturated heterocycles. The minimum atomic E-state index is -0.869. The minimum Gasteiger partial charge on any atom is -0.480 e. The van der Waals surface area contributed by atoms with Gasteiger partial charge in [-0.05, 0) is 38.3 Å². The molecule has 1 aromatic heterocycles. The predicted molar refractivity (Wildman–Crippen MR) is 84.2 cm³/mol. The Kier molecular flexibility index (Phi) is 4.66. The molecule has 1 aliphatic heterocycles. The van der Waals surface area contributed by atoms with Crippen molar-refractivity contribution in [2.24, 2.45) is 0 Å². The standard InChI is InChI=1S/C16H24N4O3/c1-19-8-9-20(10-14(19)16(22)23)15(21)7-6-13-11-4-2-3-5-12(11)17-18-13/h14H,2-10H2,1H3,(H,17,18)(H,22,23)/t14-/m1/s1. The molecule has 2 heterocycles. The fourth-order valence-corrected chi connectivity index (χ4v) is 3.51. The molecule has 0 saturated carbocycles. The fourth-order valence-electron chi connectivity index (χ4n) is 3.51. The lowest BCUT2D eigenvalue weighted by Gasteiger charge is -2.37. The number of carboxylic acid groups (broad SMARTS) is 1. The first kappa shape index (κ1) is 16.0. The molecule has 126 valence electrons. The monoisotopic (exact) mass is 320 g/mol. The van der Waals surface area contributed by atoms with Crippen LogP contribution in [0.3, 0.4) is 0 Å². The molecule has 0 aromatic carbocycles. The van der Waals surface area contributed by atoms with Gasteiger partial charge in [0.1, 0.15) is 6.04 Å². The van der Waals surface area contributed by atoms with E-state index in [9.17, 15) is 14.7 Å². The summed E-state index contributed by atoms with van der Waals surface area (Å²) in [5.74, 6) is -0.844. The Balaban J connectivity index is 1.57. The Labute approximate surface area is 135 Å². The normalized spacial score (nSPS) is 22.0. The van der Waals surface area contributed by atoms with Gasteiger partial charge in [0.2, 0.25) is 5.91 Å². The second-order valence-electron chi connectivity index (χ2n) is 6.51. The summed E-state index contributed by atoms with van der Waals surface area (Å²) < 4.78 is 0. The van der Waals surface area contributed by atoms with Gasteiger partial charge < -0.3 is 10.0 Å². The first-order valence-corrected chi connectivity index (χ1v) is 8.32. The molecule has 1 aliphatic carbocycles. The van der Waals surface area contributed by atoms with Crippen LogP contribution >= 0.6 is 0 Å². The van der Waals surface area contributed by atoms with Crippen LogP contribution in [0.1, 0.15) is 36.2 Å². The SMILES string of the molecule is CN1CCN(C(=O)CCc2n[nH]c3c2CCCC3)C[C@@H]1C(=O)O. The number of aromatic amines is 1. The van der Waals surface area contributed by atoms with Crippen LogP contribution in [0.5, 0.6) is 0 Å². The van der Waals surface area contributed by atoms with Gasteiger partial charge >= 0.3 is 5.97 Å². The first-order chi connectivity index (χ1) is 11.1. The van der Waals surface area contributed by atoms with E-state index in [4.69, 9.17) is 0 Å². The zero-order valence-corrected chi connectivity index (χ0v) is 13.5. The third-order valence-corrected chi connectivity index (χ3v) is 5.00. The highest BCUT2D eigenvalue weighted by molar-refractivity contribution is 5.79. The molecule has 1 fully saturated rings. The van der Waals surface area contributed by atoms with E-state index in [-0.39, 0.29) is 12.5 Å². The van der Waals surface area contributed by atoms with Crippen LogP contribution < -0.4 is 0 Å². The summed E-state index contributed by atoms with van der Waals surface area (Å²) in [4.78, 5) is 27.1. The molecule has 0 bridgehead atoms. The largest absolute Gasteiger partial charge is 0.480 e. The lowest BCUT2D eigenvalue weighted by atomic mass is 9.94. The summed E-state index contributed by atoms with van der Waals surface area (Å²) in [6.07, 6.45) is 5.51. The number of fused-ring (bicyclic) bond motifs is 1. The number of hydrogen-bond acceptors (Lipinski definition) is 4. The number of aliphatic carboxylic acids is 1. The van der Waals surface area contributed by atoms with E-state index in [1.54, 1.807) is 16.8 Å². The van der Waals surface area contributed by atoms with E-state index in [1.165, 1.54) is 24.1 Å². The second-order valence-corrected chi connectivity index (χ2v) is 6.51. The number of aryl methyl sites for hydroxylation is 2. The average Bonchev–Trinajstić information content (AvgIpc) is 2.96. The van der Waals surface area contributed by atoms with Gasteiger partial charge in [0.15, 0.2) is 0 Å². The number of aromatic nitrogens is 2. The molecule has 23 heavy (non-hydrogen) atoms. The number of carboxylic acids is 1. The third kappa shape index (κ3) is 3.39. The molecule has 1 amide bonds. The van der Waals surface area contributed by atoms with Crippen molar-refractivity contribution in [2.75, 3.05) is 26.7 Å². The van der Waals surface area contributed by atoms with Crippen molar-refractivity contribution in [3.8, 4) is 0 Å². The number of amides is 1. The molecule has 1 aromatic rings. The van der Waals surface area contributed by atoms with Gasteiger partial charge in [-0.3, -0.25) is 19.6 Å². The summed E-state index contributed by atoms with van der Waals surface area (Å²) in [7, 11) is 1.79. The number of likely N-dealkylation sites (N-methyl/N-ethyl adjacent to an activating group) is 1. The Morgan fingerprint density at radius 3 is 2.87 bits per heavy atom. The zero-order chi connectivity index (χ0) is 16.4. The number of hydrogen-bond donors (Lipinski definition) is 2. The number of carbonyl (C=O) groups is 2. The number of rotatable bonds is 4. The lowest BCUT2D eigenvalue weighted by molar-refractivity contribution is -0.147. The van der Waals surface area contributed by atoms with E-state index < -0.39 is 12.0 Å². The molecular weight excluding hydrogens is 296 g/mol. The Bertz CT molecular complexity index is 598. The van der Waals surface area contributed by atoms with Crippen LogP contribution in [0.25, 0.3) is 0 Å². The Morgan fingerprint density at radius 2 is 2.09 bits per heavy atom. The van der Waals surface area contributed by atoms with E-state index in [1.807, 2.05) is 0 Å².